The van der Waals surface area contributed by atoms with E-state index < -0.39 is 24.2 Å². The van der Waals surface area contributed by atoms with Crippen molar-refractivity contribution >= 4 is 11.8 Å². The summed E-state index contributed by atoms with van der Waals surface area (Å²) >= 11 is 0. The fourth-order valence-electron chi connectivity index (χ4n) is 2.15. The summed E-state index contributed by atoms with van der Waals surface area (Å²) in [4.78, 5) is 12.9. The highest BCUT2D eigenvalue weighted by atomic mass is 19.3. The smallest absolute Gasteiger partial charge is 0.410 e. The van der Waals surface area contributed by atoms with Crippen LogP contribution in [0.5, 0.6) is 0 Å². The molecule has 2 rings (SSSR count). The Bertz CT molecular complexity index is 538. The third-order valence-electron chi connectivity index (χ3n) is 3.00. The monoisotopic (exact) mass is 284 g/mol. The van der Waals surface area contributed by atoms with E-state index in [2.05, 4.69) is 0 Å². The molecule has 0 radical (unpaired) electrons. The molecule has 4 nitrogen and oxygen atoms in total. The molecule has 0 saturated heterocycles. The van der Waals surface area contributed by atoms with Gasteiger partial charge in [0, 0.05) is 16.8 Å². The highest BCUT2D eigenvalue weighted by molar-refractivity contribution is 5.70. The van der Waals surface area contributed by atoms with Gasteiger partial charge >= 0.3 is 6.09 Å². The van der Waals surface area contributed by atoms with E-state index in [4.69, 9.17) is 10.5 Å². The lowest BCUT2D eigenvalue weighted by Gasteiger charge is -2.35. The van der Waals surface area contributed by atoms with Crippen LogP contribution in [0, 0.1) is 0 Å². The summed E-state index contributed by atoms with van der Waals surface area (Å²) in [5.74, 6) is -3.13. The maximum atomic E-state index is 14.1. The average molecular weight is 284 g/mol. The quantitative estimate of drug-likeness (QED) is 0.745. The molecule has 0 spiro atoms. The Morgan fingerprint density at radius 3 is 2.65 bits per heavy atom. The number of carbonyl (C=O) groups excluding carboxylic acids is 1. The summed E-state index contributed by atoms with van der Waals surface area (Å²) in [5, 5.41) is 0. The Labute approximate surface area is 116 Å². The first-order valence-corrected chi connectivity index (χ1v) is 6.34. The van der Waals surface area contributed by atoms with Crippen molar-refractivity contribution in [3.63, 3.8) is 0 Å². The molecule has 20 heavy (non-hydrogen) atoms. The fourth-order valence-corrected chi connectivity index (χ4v) is 2.15. The van der Waals surface area contributed by atoms with Gasteiger partial charge in [0.2, 0.25) is 0 Å². The summed E-state index contributed by atoms with van der Waals surface area (Å²) in [6.45, 7) is 4.41. The molecule has 1 aromatic rings. The molecule has 0 atom stereocenters. The lowest BCUT2D eigenvalue weighted by molar-refractivity contribution is -0.0589. The van der Waals surface area contributed by atoms with Crippen LogP contribution in [0.4, 0.5) is 19.3 Å². The first-order valence-electron chi connectivity index (χ1n) is 6.34. The van der Waals surface area contributed by atoms with Gasteiger partial charge in [0.1, 0.15) is 5.60 Å². The largest absolute Gasteiger partial charge is 0.444 e. The molecule has 110 valence electrons. The second-order valence-corrected chi connectivity index (χ2v) is 5.91. The summed E-state index contributed by atoms with van der Waals surface area (Å²) in [6, 6.07) is 4.39. The van der Waals surface area contributed by atoms with Crippen LogP contribution in [-0.4, -0.2) is 23.1 Å². The molecule has 1 aromatic carbocycles. The van der Waals surface area contributed by atoms with Crippen LogP contribution in [0.1, 0.15) is 31.9 Å². The minimum Gasteiger partial charge on any atom is -0.444 e. The van der Waals surface area contributed by atoms with Gasteiger partial charge in [-0.15, -0.1) is 0 Å². The number of halogens is 2. The first-order chi connectivity index (χ1) is 9.10. The van der Waals surface area contributed by atoms with Gasteiger partial charge in [0.25, 0.3) is 5.92 Å². The fraction of sp³-hybridized carbons (Fsp3) is 0.500. The Balaban J connectivity index is 2.30. The van der Waals surface area contributed by atoms with Gasteiger partial charge < -0.3 is 10.5 Å². The predicted molar refractivity (Wildman–Crippen MR) is 71.4 cm³/mol. The SMILES string of the molecule is CC(C)(C)OC(=O)N1Cc2c(N)cccc2C(F)(F)C1. The number of amides is 1. The van der Waals surface area contributed by atoms with Crippen LogP contribution in [0.3, 0.4) is 0 Å². The number of ether oxygens (including phenoxy) is 1. The zero-order valence-electron chi connectivity index (χ0n) is 11.7. The summed E-state index contributed by atoms with van der Waals surface area (Å²) in [7, 11) is 0. The normalized spacial score (nSPS) is 17.6. The van der Waals surface area contributed by atoms with Crippen LogP contribution in [0.15, 0.2) is 18.2 Å². The van der Waals surface area contributed by atoms with Crippen LogP contribution < -0.4 is 5.73 Å². The molecular weight excluding hydrogens is 266 g/mol. The average Bonchev–Trinajstić information content (AvgIpc) is 2.27. The lowest BCUT2D eigenvalue weighted by atomic mass is 9.95. The standard InChI is InChI=1S/C14H18F2N2O2/c1-13(2,3)20-12(19)18-7-9-10(14(15,16)8-18)5-4-6-11(9)17/h4-6H,7-8,17H2,1-3H3. The summed E-state index contributed by atoms with van der Waals surface area (Å²) in [6.07, 6.45) is -0.758. The van der Waals surface area contributed by atoms with Crippen molar-refractivity contribution in [2.75, 3.05) is 12.3 Å². The summed E-state index contributed by atoms with van der Waals surface area (Å²) < 4.78 is 33.4. The van der Waals surface area contributed by atoms with E-state index in [0.29, 0.717) is 0 Å². The molecule has 1 amide bonds. The number of nitrogens with zero attached hydrogens (tertiary/aromatic N) is 1. The number of fused-ring (bicyclic) bond motifs is 1. The molecule has 0 aromatic heterocycles. The Hall–Kier alpha value is -1.85. The Morgan fingerprint density at radius 1 is 1.40 bits per heavy atom. The van der Waals surface area contributed by atoms with Crippen molar-refractivity contribution in [1.29, 1.82) is 0 Å². The van der Waals surface area contributed by atoms with E-state index in [1.54, 1.807) is 26.8 Å². The van der Waals surface area contributed by atoms with Crippen molar-refractivity contribution < 1.29 is 18.3 Å². The van der Waals surface area contributed by atoms with Crippen LogP contribution in [0.2, 0.25) is 0 Å². The van der Waals surface area contributed by atoms with E-state index in [-0.39, 0.29) is 23.4 Å². The highest BCUT2D eigenvalue weighted by Crippen LogP contribution is 2.39. The maximum absolute atomic E-state index is 14.1. The van der Waals surface area contributed by atoms with Gasteiger partial charge in [-0.3, -0.25) is 4.90 Å². The molecule has 1 heterocycles. The number of carbonyl (C=O) groups is 1. The number of rotatable bonds is 0. The second kappa shape index (κ2) is 4.61. The number of alkyl halides is 2. The minimum atomic E-state index is -3.13. The molecule has 0 aliphatic carbocycles. The van der Waals surface area contributed by atoms with Crippen LogP contribution >= 0.6 is 0 Å². The van der Waals surface area contributed by atoms with Gasteiger partial charge in [-0.1, -0.05) is 12.1 Å². The number of benzene rings is 1. The van der Waals surface area contributed by atoms with E-state index >= 15 is 0 Å². The number of anilines is 1. The predicted octanol–water partition coefficient (Wildman–Crippen LogP) is 3.11. The molecule has 0 fully saturated rings. The third kappa shape index (κ3) is 2.84. The number of nitrogen functional groups attached to an aromatic ring is 1. The van der Waals surface area contributed by atoms with Gasteiger partial charge in [-0.05, 0) is 26.8 Å². The number of hydrogen-bond donors (Lipinski definition) is 1. The Kier molecular flexibility index (Phi) is 3.36. The van der Waals surface area contributed by atoms with Gasteiger partial charge in [0.05, 0.1) is 13.1 Å². The van der Waals surface area contributed by atoms with Gasteiger partial charge in [0.15, 0.2) is 0 Å². The molecule has 0 unspecified atom stereocenters. The first kappa shape index (κ1) is 14.6. The van der Waals surface area contributed by atoms with E-state index in [1.165, 1.54) is 12.1 Å². The van der Waals surface area contributed by atoms with E-state index in [1.807, 2.05) is 0 Å². The van der Waals surface area contributed by atoms with Crippen molar-refractivity contribution in [1.82, 2.24) is 4.90 Å². The molecule has 0 saturated carbocycles. The Morgan fingerprint density at radius 2 is 2.05 bits per heavy atom. The molecule has 1 aliphatic rings. The van der Waals surface area contributed by atoms with Crippen molar-refractivity contribution in [3.8, 4) is 0 Å². The van der Waals surface area contributed by atoms with Crippen LogP contribution in [0.25, 0.3) is 0 Å². The minimum absolute atomic E-state index is 0.0342. The molecule has 0 bridgehead atoms. The summed E-state index contributed by atoms with van der Waals surface area (Å²) in [5.41, 5.74) is 5.45. The van der Waals surface area contributed by atoms with Crippen molar-refractivity contribution in [2.24, 2.45) is 0 Å². The zero-order chi connectivity index (χ0) is 15.1. The van der Waals surface area contributed by atoms with E-state index in [0.717, 1.165) is 4.90 Å². The molecule has 1 aliphatic heterocycles. The highest BCUT2D eigenvalue weighted by Gasteiger charge is 2.43. The number of hydrogen-bond acceptors (Lipinski definition) is 3. The van der Waals surface area contributed by atoms with Gasteiger partial charge in [-0.2, -0.15) is 8.78 Å². The third-order valence-corrected chi connectivity index (χ3v) is 3.00. The molecule has 2 N–H and O–H groups in total. The molecular formula is C14H18F2N2O2. The van der Waals surface area contributed by atoms with Gasteiger partial charge in [-0.25, -0.2) is 4.79 Å². The maximum Gasteiger partial charge on any atom is 0.410 e. The number of nitrogens with two attached hydrogens (primary N) is 1. The second-order valence-electron chi connectivity index (χ2n) is 5.91. The zero-order valence-corrected chi connectivity index (χ0v) is 11.7. The molecule has 6 heteroatoms. The lowest BCUT2D eigenvalue weighted by Crippen LogP contribution is -2.46. The van der Waals surface area contributed by atoms with E-state index in [9.17, 15) is 13.6 Å². The van der Waals surface area contributed by atoms with Crippen LogP contribution in [-0.2, 0) is 17.2 Å². The topological polar surface area (TPSA) is 55.6 Å². The van der Waals surface area contributed by atoms with Crippen molar-refractivity contribution in [2.45, 2.75) is 38.8 Å². The van der Waals surface area contributed by atoms with Crippen molar-refractivity contribution in [3.05, 3.63) is 29.3 Å².